The number of pyridine rings is 2. The molecule has 1 saturated heterocycles. The van der Waals surface area contributed by atoms with Crippen molar-refractivity contribution in [3.05, 3.63) is 55.0 Å². The summed E-state index contributed by atoms with van der Waals surface area (Å²) < 4.78 is 14.0. The molecule has 2 saturated carbocycles. The number of carbonyl (C=O) groups excluding carboxylic acids is 1. The van der Waals surface area contributed by atoms with Crippen LogP contribution in [-0.2, 0) is 11.8 Å². The Morgan fingerprint density at radius 2 is 1.73 bits per heavy atom. The van der Waals surface area contributed by atoms with Gasteiger partial charge in [-0.3, -0.25) is 4.98 Å². The maximum atomic E-state index is 12.3. The molecule has 1 aliphatic heterocycles. The Hall–Kier alpha value is -3.65. The average molecular weight is 554 g/mol. The van der Waals surface area contributed by atoms with Gasteiger partial charge in [0, 0.05) is 97.0 Å². The fourth-order valence-corrected chi connectivity index (χ4v) is 6.99. The van der Waals surface area contributed by atoms with Gasteiger partial charge in [0.05, 0.1) is 5.52 Å². The molecule has 214 valence electrons. The number of benzene rings is 1. The second kappa shape index (κ2) is 9.44. The van der Waals surface area contributed by atoms with Gasteiger partial charge in [-0.15, -0.1) is 0 Å². The smallest absolute Gasteiger partial charge is 0.410 e. The minimum absolute atomic E-state index is 0.177. The van der Waals surface area contributed by atoms with Crippen LogP contribution in [0.5, 0.6) is 5.88 Å². The molecule has 0 radical (unpaired) electrons. The summed E-state index contributed by atoms with van der Waals surface area (Å²) in [7, 11) is 4.35. The Kier molecular flexibility index (Phi) is 6.05. The average Bonchev–Trinajstić information content (AvgIpc) is 3.15. The molecule has 4 aromatic rings. The lowest BCUT2D eigenvalue weighted by atomic mass is 9.60. The van der Waals surface area contributed by atoms with Crippen molar-refractivity contribution in [1.82, 2.24) is 24.3 Å². The molecule has 8 nitrogen and oxygen atoms in total. The summed E-state index contributed by atoms with van der Waals surface area (Å²) in [6.07, 6.45) is 10.1. The molecule has 7 rings (SSSR count). The van der Waals surface area contributed by atoms with Crippen LogP contribution in [0.4, 0.5) is 4.79 Å². The van der Waals surface area contributed by atoms with E-state index < -0.39 is 5.60 Å². The molecule has 3 fully saturated rings. The van der Waals surface area contributed by atoms with Crippen LogP contribution < -0.4 is 4.74 Å². The molecule has 0 atom stereocenters. The fourth-order valence-electron chi connectivity index (χ4n) is 6.99. The van der Waals surface area contributed by atoms with Crippen molar-refractivity contribution in [2.45, 2.75) is 70.2 Å². The number of aryl methyl sites for hydroxylation is 1. The summed E-state index contributed by atoms with van der Waals surface area (Å²) in [4.78, 5) is 25.6. The number of fused-ring (bicyclic) bond motifs is 3. The highest BCUT2D eigenvalue weighted by Crippen LogP contribution is 2.51. The summed E-state index contributed by atoms with van der Waals surface area (Å²) in [5.74, 6) is 0.691. The van der Waals surface area contributed by atoms with Crippen LogP contribution in [0.25, 0.3) is 32.9 Å². The fraction of sp³-hybridized carbons (Fsp3) is 0.485. The van der Waals surface area contributed by atoms with Gasteiger partial charge in [-0.2, -0.15) is 0 Å². The van der Waals surface area contributed by atoms with Gasteiger partial charge in [-0.05, 0) is 64.4 Å². The predicted molar refractivity (Wildman–Crippen MR) is 160 cm³/mol. The zero-order valence-electron chi connectivity index (χ0n) is 24.6. The zero-order chi connectivity index (χ0) is 28.5. The number of hydrogen-bond donors (Lipinski definition) is 0. The lowest BCUT2D eigenvalue weighted by molar-refractivity contribution is -0.121. The summed E-state index contributed by atoms with van der Waals surface area (Å²) in [5, 5.41) is 2.39. The van der Waals surface area contributed by atoms with Crippen LogP contribution in [0.15, 0.2) is 55.0 Å². The highest BCUT2D eigenvalue weighted by Gasteiger charge is 2.56. The summed E-state index contributed by atoms with van der Waals surface area (Å²) in [5.41, 5.74) is 4.45. The van der Waals surface area contributed by atoms with E-state index in [1.807, 2.05) is 50.3 Å². The van der Waals surface area contributed by atoms with Gasteiger partial charge in [-0.1, -0.05) is 12.1 Å². The van der Waals surface area contributed by atoms with E-state index in [4.69, 9.17) is 9.47 Å². The first-order valence-corrected chi connectivity index (χ1v) is 14.7. The molecule has 1 spiro atoms. The van der Waals surface area contributed by atoms with Crippen molar-refractivity contribution in [2.24, 2.45) is 12.5 Å². The Labute approximate surface area is 241 Å². The molecular weight excluding hydrogens is 514 g/mol. The SMILES string of the molecule is Cn1c2ccncc2c2ccc(-c3ccc(O[C@H]4C[C@H](N(C)C5CC6(C5)CN(C(=O)OC(C)(C)C)C6)C4)nc3)cc21. The molecule has 1 aromatic carbocycles. The van der Waals surface area contributed by atoms with E-state index in [1.165, 1.54) is 21.8 Å². The van der Waals surface area contributed by atoms with E-state index in [-0.39, 0.29) is 12.2 Å². The van der Waals surface area contributed by atoms with Crippen molar-refractivity contribution in [1.29, 1.82) is 0 Å². The standard InChI is InChI=1S/C33H39N5O3/c1-32(2,3)41-31(39)38-19-33(20-38)15-24(16-33)36(4)23-13-25(14-23)40-30-9-7-22(17-35-30)21-6-8-26-27-18-34-11-10-28(27)37(5)29(26)12-21/h6-12,17-18,23-25H,13-16,19-20H2,1-5H3/t23-,25-. The van der Waals surface area contributed by atoms with Gasteiger partial charge >= 0.3 is 6.09 Å². The number of ether oxygens (including phenoxy) is 2. The van der Waals surface area contributed by atoms with Crippen LogP contribution in [0, 0.1) is 5.41 Å². The first-order valence-electron chi connectivity index (χ1n) is 14.7. The Bertz CT molecular complexity index is 1600. The largest absolute Gasteiger partial charge is 0.474 e. The first kappa shape index (κ1) is 26.3. The zero-order valence-corrected chi connectivity index (χ0v) is 24.6. The van der Waals surface area contributed by atoms with Crippen molar-refractivity contribution in [3.63, 3.8) is 0 Å². The Morgan fingerprint density at radius 1 is 0.976 bits per heavy atom. The van der Waals surface area contributed by atoms with E-state index in [9.17, 15) is 4.79 Å². The van der Waals surface area contributed by atoms with Crippen LogP contribution in [0.2, 0.25) is 0 Å². The maximum Gasteiger partial charge on any atom is 0.410 e. The third kappa shape index (κ3) is 4.72. The summed E-state index contributed by atoms with van der Waals surface area (Å²) >= 11 is 0. The molecule has 0 unspecified atom stereocenters. The molecule has 2 aliphatic carbocycles. The molecular formula is C33H39N5O3. The minimum atomic E-state index is -0.437. The molecule has 41 heavy (non-hydrogen) atoms. The van der Waals surface area contributed by atoms with Crippen LogP contribution in [-0.4, -0.2) is 74.4 Å². The monoisotopic (exact) mass is 553 g/mol. The van der Waals surface area contributed by atoms with Gasteiger partial charge in [-0.25, -0.2) is 9.78 Å². The van der Waals surface area contributed by atoms with Crippen molar-refractivity contribution in [3.8, 4) is 17.0 Å². The molecule has 3 aromatic heterocycles. The number of amides is 1. The second-order valence-electron chi connectivity index (χ2n) is 13.5. The maximum absolute atomic E-state index is 12.3. The van der Waals surface area contributed by atoms with Gasteiger partial charge < -0.3 is 23.8 Å². The quantitative estimate of drug-likeness (QED) is 0.301. The second-order valence-corrected chi connectivity index (χ2v) is 13.5. The molecule has 4 heterocycles. The van der Waals surface area contributed by atoms with Gasteiger partial charge in [0.1, 0.15) is 11.7 Å². The number of likely N-dealkylation sites (tertiary alicyclic amines) is 1. The van der Waals surface area contributed by atoms with E-state index >= 15 is 0 Å². The number of nitrogens with zero attached hydrogens (tertiary/aromatic N) is 5. The summed E-state index contributed by atoms with van der Waals surface area (Å²) in [6.45, 7) is 7.42. The molecule has 1 amide bonds. The van der Waals surface area contributed by atoms with Crippen molar-refractivity contribution in [2.75, 3.05) is 20.1 Å². The normalized spacial score (nSPS) is 22.0. The third-order valence-electron chi connectivity index (χ3n) is 9.43. The number of carbonyl (C=O) groups is 1. The number of aromatic nitrogens is 3. The lowest BCUT2D eigenvalue weighted by Gasteiger charge is -2.61. The molecule has 0 bridgehead atoms. The van der Waals surface area contributed by atoms with E-state index in [2.05, 4.69) is 63.9 Å². The molecule has 8 heteroatoms. The van der Waals surface area contributed by atoms with E-state index in [1.54, 1.807) is 0 Å². The van der Waals surface area contributed by atoms with Gasteiger partial charge in [0.2, 0.25) is 5.88 Å². The first-order chi connectivity index (χ1) is 19.6. The van der Waals surface area contributed by atoms with Gasteiger partial charge in [0.15, 0.2) is 0 Å². The van der Waals surface area contributed by atoms with Crippen molar-refractivity contribution < 1.29 is 14.3 Å². The topological polar surface area (TPSA) is 72.7 Å². The van der Waals surface area contributed by atoms with E-state index in [0.29, 0.717) is 23.4 Å². The molecule has 3 aliphatic rings. The number of rotatable bonds is 5. The van der Waals surface area contributed by atoms with Crippen LogP contribution >= 0.6 is 0 Å². The van der Waals surface area contributed by atoms with Gasteiger partial charge in [0.25, 0.3) is 0 Å². The van der Waals surface area contributed by atoms with Crippen LogP contribution in [0.1, 0.15) is 46.5 Å². The Morgan fingerprint density at radius 3 is 2.44 bits per heavy atom. The Balaban J connectivity index is 0.899. The van der Waals surface area contributed by atoms with E-state index in [0.717, 1.165) is 49.9 Å². The minimum Gasteiger partial charge on any atom is -0.474 e. The third-order valence-corrected chi connectivity index (χ3v) is 9.43. The highest BCUT2D eigenvalue weighted by molar-refractivity contribution is 6.08. The molecule has 0 N–H and O–H groups in total. The van der Waals surface area contributed by atoms with Crippen molar-refractivity contribution >= 4 is 27.9 Å². The van der Waals surface area contributed by atoms with Crippen LogP contribution in [0.3, 0.4) is 0 Å². The predicted octanol–water partition coefficient (Wildman–Crippen LogP) is 6.03. The lowest BCUT2D eigenvalue weighted by Crippen LogP contribution is -2.69. The number of hydrogen-bond acceptors (Lipinski definition) is 6. The summed E-state index contributed by atoms with van der Waals surface area (Å²) in [6, 6.07) is 13.8. The highest BCUT2D eigenvalue weighted by atomic mass is 16.6.